The van der Waals surface area contributed by atoms with E-state index in [0.29, 0.717) is 25.6 Å². The van der Waals surface area contributed by atoms with Gasteiger partial charge in [-0.15, -0.1) is 0 Å². The molecule has 0 aliphatic rings. The van der Waals surface area contributed by atoms with E-state index in [1.54, 1.807) is 12.2 Å². The van der Waals surface area contributed by atoms with Crippen LogP contribution in [0, 0.1) is 17.3 Å². The Labute approximate surface area is 125 Å². The number of hydrogen-bond donors (Lipinski definition) is 0. The first kappa shape index (κ1) is 19.1. The van der Waals surface area contributed by atoms with E-state index in [1.165, 1.54) is 6.08 Å². The van der Waals surface area contributed by atoms with Gasteiger partial charge in [-0.2, -0.15) is 0 Å². The molecule has 3 unspecified atom stereocenters. The number of nitrogens with zero attached hydrogens (tertiary/aromatic N) is 3. The smallest absolute Gasteiger partial charge is 0.211 e. The van der Waals surface area contributed by atoms with Crippen LogP contribution in [0.3, 0.4) is 0 Å². The molecule has 0 amide bonds. The average Bonchev–Trinajstić information content (AvgIpc) is 2.43. The SMILES string of the molecule is CC(CCN=C=O)CC(C)(CN=C=O)CC(C)CN=C=O. The third-order valence-corrected chi connectivity index (χ3v) is 3.47. The number of rotatable bonds is 11. The highest BCUT2D eigenvalue weighted by molar-refractivity contribution is 5.33. The van der Waals surface area contributed by atoms with Crippen LogP contribution >= 0.6 is 0 Å². The maximum atomic E-state index is 10.4. The van der Waals surface area contributed by atoms with Crippen LogP contribution in [0.5, 0.6) is 0 Å². The van der Waals surface area contributed by atoms with Crippen LogP contribution in [0.25, 0.3) is 0 Å². The molecule has 0 saturated carbocycles. The molecule has 0 aromatic heterocycles. The fraction of sp³-hybridized carbons (Fsp3) is 0.800. The normalized spacial score (nSPS) is 15.6. The second kappa shape index (κ2) is 10.9. The third kappa shape index (κ3) is 9.64. The van der Waals surface area contributed by atoms with Gasteiger partial charge in [0, 0.05) is 0 Å². The molecule has 0 spiro atoms. The molecule has 0 aromatic rings. The van der Waals surface area contributed by atoms with Gasteiger partial charge in [0.05, 0.1) is 19.6 Å². The Bertz CT molecular complexity index is 447. The molecule has 0 aromatic carbocycles. The average molecular weight is 293 g/mol. The van der Waals surface area contributed by atoms with Crippen LogP contribution in [0.1, 0.15) is 40.0 Å². The second-order valence-electron chi connectivity index (χ2n) is 6.03. The zero-order valence-electron chi connectivity index (χ0n) is 13.0. The van der Waals surface area contributed by atoms with Crippen molar-refractivity contribution in [1.82, 2.24) is 0 Å². The van der Waals surface area contributed by atoms with Crippen molar-refractivity contribution in [1.29, 1.82) is 0 Å². The van der Waals surface area contributed by atoms with Crippen molar-refractivity contribution in [2.45, 2.75) is 40.0 Å². The Kier molecular flexibility index (Phi) is 9.91. The lowest BCUT2D eigenvalue weighted by molar-refractivity contribution is 0.203. The molecule has 21 heavy (non-hydrogen) atoms. The molecule has 0 radical (unpaired) electrons. The predicted molar refractivity (Wildman–Crippen MR) is 79.3 cm³/mol. The van der Waals surface area contributed by atoms with E-state index in [2.05, 4.69) is 28.8 Å². The van der Waals surface area contributed by atoms with Crippen LogP contribution < -0.4 is 0 Å². The zero-order valence-corrected chi connectivity index (χ0v) is 13.0. The highest BCUT2D eigenvalue weighted by Crippen LogP contribution is 2.34. The first-order valence-electron chi connectivity index (χ1n) is 7.08. The second-order valence-corrected chi connectivity index (χ2v) is 6.03. The summed E-state index contributed by atoms with van der Waals surface area (Å²) < 4.78 is 0. The van der Waals surface area contributed by atoms with Gasteiger partial charge in [0.1, 0.15) is 0 Å². The first-order chi connectivity index (χ1) is 9.97. The molecule has 0 aliphatic heterocycles. The summed E-state index contributed by atoms with van der Waals surface area (Å²) in [6, 6.07) is 0. The van der Waals surface area contributed by atoms with Crippen molar-refractivity contribution < 1.29 is 14.4 Å². The molecular weight excluding hydrogens is 270 g/mol. The lowest BCUT2D eigenvalue weighted by atomic mass is 9.74. The molecule has 0 rings (SSSR count). The van der Waals surface area contributed by atoms with Crippen LogP contribution in [0.15, 0.2) is 15.0 Å². The largest absolute Gasteiger partial charge is 0.234 e. The lowest BCUT2D eigenvalue weighted by Crippen LogP contribution is -2.27. The molecule has 0 fully saturated rings. The topological polar surface area (TPSA) is 88.3 Å². The predicted octanol–water partition coefficient (Wildman–Crippen LogP) is 2.44. The number of aliphatic imine (C=N–C) groups is 3. The summed E-state index contributed by atoms with van der Waals surface area (Å²) >= 11 is 0. The van der Waals surface area contributed by atoms with Gasteiger partial charge in [0.15, 0.2) is 0 Å². The summed E-state index contributed by atoms with van der Waals surface area (Å²) in [5.74, 6) is 0.550. The molecular formula is C15H23N3O3. The van der Waals surface area contributed by atoms with Crippen LogP contribution in [-0.4, -0.2) is 37.9 Å². The molecule has 6 heteroatoms. The number of hydrogen-bond acceptors (Lipinski definition) is 6. The molecule has 0 aliphatic carbocycles. The molecule has 3 atom stereocenters. The Balaban J connectivity index is 4.68. The Morgan fingerprint density at radius 3 is 2.05 bits per heavy atom. The summed E-state index contributed by atoms with van der Waals surface area (Å²) in [6.07, 6.45) is 7.09. The van der Waals surface area contributed by atoms with E-state index in [4.69, 9.17) is 0 Å². The molecule has 6 nitrogen and oxygen atoms in total. The van der Waals surface area contributed by atoms with E-state index in [1.807, 2.05) is 6.92 Å². The first-order valence-corrected chi connectivity index (χ1v) is 7.08. The Hall–Kier alpha value is -1.86. The van der Waals surface area contributed by atoms with Crippen molar-refractivity contribution in [2.24, 2.45) is 32.2 Å². The van der Waals surface area contributed by atoms with Gasteiger partial charge in [-0.25, -0.2) is 29.4 Å². The maximum absolute atomic E-state index is 10.4. The monoisotopic (exact) mass is 293 g/mol. The van der Waals surface area contributed by atoms with Crippen molar-refractivity contribution >= 4 is 18.2 Å². The van der Waals surface area contributed by atoms with E-state index in [9.17, 15) is 14.4 Å². The summed E-state index contributed by atoms with van der Waals surface area (Å²) in [5.41, 5.74) is -0.167. The molecule has 0 heterocycles. The van der Waals surface area contributed by atoms with E-state index in [0.717, 1.165) is 19.3 Å². The number of carbonyl (C=O) groups excluding carboxylic acids is 3. The maximum Gasteiger partial charge on any atom is 0.234 e. The minimum absolute atomic E-state index is 0.167. The van der Waals surface area contributed by atoms with Crippen LogP contribution in [0.2, 0.25) is 0 Å². The van der Waals surface area contributed by atoms with Gasteiger partial charge in [-0.05, 0) is 36.5 Å². The van der Waals surface area contributed by atoms with Gasteiger partial charge in [0.25, 0.3) is 0 Å². The van der Waals surface area contributed by atoms with Gasteiger partial charge >= 0.3 is 0 Å². The van der Waals surface area contributed by atoms with Crippen molar-refractivity contribution in [3.05, 3.63) is 0 Å². The lowest BCUT2D eigenvalue weighted by Gasteiger charge is -2.32. The van der Waals surface area contributed by atoms with Gasteiger partial charge < -0.3 is 0 Å². The molecule has 0 N–H and O–H groups in total. The van der Waals surface area contributed by atoms with Crippen molar-refractivity contribution in [2.75, 3.05) is 19.6 Å². The fourth-order valence-electron chi connectivity index (χ4n) is 2.81. The summed E-state index contributed by atoms with van der Waals surface area (Å²) in [5, 5.41) is 0. The highest BCUT2D eigenvalue weighted by Gasteiger charge is 2.28. The summed E-state index contributed by atoms with van der Waals surface area (Å²) in [6.45, 7) is 7.43. The van der Waals surface area contributed by atoms with E-state index in [-0.39, 0.29) is 11.3 Å². The quantitative estimate of drug-likeness (QED) is 0.433. The minimum atomic E-state index is -0.167. The fourth-order valence-corrected chi connectivity index (χ4v) is 2.81. The van der Waals surface area contributed by atoms with Gasteiger partial charge in [-0.1, -0.05) is 20.8 Å². The summed E-state index contributed by atoms with van der Waals surface area (Å²) in [4.78, 5) is 41.5. The van der Waals surface area contributed by atoms with E-state index < -0.39 is 0 Å². The summed E-state index contributed by atoms with van der Waals surface area (Å²) in [7, 11) is 0. The molecule has 0 bridgehead atoms. The standard InChI is InChI=1S/C15H23N3O3/c1-13(4-5-16-10-19)6-15(3,9-18-12-21)7-14(2)8-17-11-20/h13-14H,4-9H2,1-3H3. The van der Waals surface area contributed by atoms with E-state index >= 15 is 0 Å². The third-order valence-electron chi connectivity index (χ3n) is 3.47. The van der Waals surface area contributed by atoms with Crippen molar-refractivity contribution in [3.8, 4) is 0 Å². The Morgan fingerprint density at radius 1 is 0.905 bits per heavy atom. The van der Waals surface area contributed by atoms with Gasteiger partial charge in [-0.3, -0.25) is 0 Å². The zero-order chi connectivity index (χ0) is 16.1. The Morgan fingerprint density at radius 2 is 1.48 bits per heavy atom. The molecule has 0 saturated heterocycles. The van der Waals surface area contributed by atoms with Gasteiger partial charge in [0.2, 0.25) is 18.2 Å². The van der Waals surface area contributed by atoms with Crippen LogP contribution in [-0.2, 0) is 14.4 Å². The highest BCUT2D eigenvalue weighted by atomic mass is 16.1. The van der Waals surface area contributed by atoms with Crippen molar-refractivity contribution in [3.63, 3.8) is 0 Å². The number of isocyanates is 3. The van der Waals surface area contributed by atoms with Crippen LogP contribution in [0.4, 0.5) is 0 Å². The molecule has 116 valence electrons. The minimum Gasteiger partial charge on any atom is -0.211 e.